The van der Waals surface area contributed by atoms with Crippen molar-refractivity contribution in [3.8, 4) is 0 Å². The highest BCUT2D eigenvalue weighted by molar-refractivity contribution is 5.97. The van der Waals surface area contributed by atoms with Gasteiger partial charge in [-0.25, -0.2) is 0 Å². The lowest BCUT2D eigenvalue weighted by atomic mass is 9.94. The summed E-state index contributed by atoms with van der Waals surface area (Å²) in [5.41, 5.74) is 0.931. The van der Waals surface area contributed by atoms with Crippen LogP contribution in [0.1, 0.15) is 25.7 Å². The number of carbonyl (C=O) groups is 2. The molecule has 2 amide bonds. The minimum atomic E-state index is 0.0136. The molecule has 2 aliphatic rings. The third-order valence-corrected chi connectivity index (χ3v) is 5.53. The van der Waals surface area contributed by atoms with Gasteiger partial charge in [0.2, 0.25) is 11.8 Å². The number of piperidine rings is 1. The molecule has 4 nitrogen and oxygen atoms in total. The maximum Gasteiger partial charge on any atom is 0.229 e. The molecule has 2 aromatic carbocycles. The number of anilines is 1. The Hall–Kier alpha value is -2.36. The van der Waals surface area contributed by atoms with Crippen LogP contribution in [0.15, 0.2) is 42.5 Å². The van der Waals surface area contributed by atoms with Crippen molar-refractivity contribution in [2.75, 3.05) is 25.0 Å². The molecule has 130 valence electrons. The molecule has 2 aromatic rings. The highest BCUT2D eigenvalue weighted by Gasteiger charge is 2.36. The average molecular weight is 336 g/mol. The van der Waals surface area contributed by atoms with Crippen molar-refractivity contribution in [2.45, 2.75) is 25.7 Å². The lowest BCUT2D eigenvalue weighted by Crippen LogP contribution is -2.44. The lowest BCUT2D eigenvalue weighted by molar-refractivity contribution is -0.136. The van der Waals surface area contributed by atoms with Crippen LogP contribution in [0.25, 0.3) is 10.8 Å². The van der Waals surface area contributed by atoms with Crippen LogP contribution in [0.3, 0.4) is 0 Å². The summed E-state index contributed by atoms with van der Waals surface area (Å²) in [6.07, 6.45) is 3.63. The second-order valence-electron chi connectivity index (χ2n) is 7.30. The van der Waals surface area contributed by atoms with E-state index in [1.807, 2.05) is 30.1 Å². The summed E-state index contributed by atoms with van der Waals surface area (Å²) in [4.78, 5) is 28.8. The standard InChI is InChI=1S/C21H24N2O2/c1-22(19-9-8-15-4-2-3-5-18(15)14-19)20(24)17-10-12-23(13-11-17)21(25)16-6-7-16/h2-5,8-9,14,16-17H,6-7,10-13H2,1H3. The summed E-state index contributed by atoms with van der Waals surface area (Å²) >= 11 is 0. The second-order valence-corrected chi connectivity index (χ2v) is 7.30. The van der Waals surface area contributed by atoms with E-state index in [1.54, 1.807) is 4.90 Å². The van der Waals surface area contributed by atoms with Gasteiger partial charge in [-0.15, -0.1) is 0 Å². The molecule has 2 fully saturated rings. The van der Waals surface area contributed by atoms with E-state index in [-0.39, 0.29) is 17.7 Å². The van der Waals surface area contributed by atoms with Crippen LogP contribution in [0, 0.1) is 11.8 Å². The van der Waals surface area contributed by atoms with Gasteiger partial charge >= 0.3 is 0 Å². The Balaban J connectivity index is 1.42. The summed E-state index contributed by atoms with van der Waals surface area (Å²) in [5, 5.41) is 2.32. The number of fused-ring (bicyclic) bond motifs is 1. The Morgan fingerprint density at radius 2 is 1.60 bits per heavy atom. The van der Waals surface area contributed by atoms with E-state index in [9.17, 15) is 9.59 Å². The van der Waals surface area contributed by atoms with Crippen molar-refractivity contribution in [3.63, 3.8) is 0 Å². The van der Waals surface area contributed by atoms with Crippen molar-refractivity contribution in [1.29, 1.82) is 0 Å². The fourth-order valence-electron chi connectivity index (χ4n) is 3.72. The molecule has 0 radical (unpaired) electrons. The van der Waals surface area contributed by atoms with Gasteiger partial charge in [0.25, 0.3) is 0 Å². The molecule has 1 saturated carbocycles. The SMILES string of the molecule is CN(C(=O)C1CCN(C(=O)C2CC2)CC1)c1ccc2ccccc2c1. The van der Waals surface area contributed by atoms with E-state index < -0.39 is 0 Å². The van der Waals surface area contributed by atoms with Gasteiger partial charge in [0.1, 0.15) is 0 Å². The molecule has 4 heteroatoms. The summed E-state index contributed by atoms with van der Waals surface area (Å²) < 4.78 is 0. The van der Waals surface area contributed by atoms with Gasteiger partial charge in [-0.05, 0) is 48.6 Å². The first kappa shape index (κ1) is 16.1. The van der Waals surface area contributed by atoms with Crippen LogP contribution in [0.5, 0.6) is 0 Å². The highest BCUT2D eigenvalue weighted by Crippen LogP contribution is 2.33. The number of carbonyl (C=O) groups excluding carboxylic acids is 2. The van der Waals surface area contributed by atoms with Crippen LogP contribution in [-0.2, 0) is 9.59 Å². The van der Waals surface area contributed by atoms with Gasteiger partial charge < -0.3 is 9.80 Å². The number of amides is 2. The second kappa shape index (κ2) is 6.51. The van der Waals surface area contributed by atoms with Gasteiger partial charge in [-0.3, -0.25) is 9.59 Å². The van der Waals surface area contributed by atoms with Crippen molar-refractivity contribution in [2.24, 2.45) is 11.8 Å². The molecular weight excluding hydrogens is 312 g/mol. The largest absolute Gasteiger partial charge is 0.342 e. The molecule has 0 bridgehead atoms. The summed E-state index contributed by atoms with van der Waals surface area (Å²) in [5.74, 6) is 0.745. The molecule has 0 aromatic heterocycles. The number of rotatable bonds is 3. The number of benzene rings is 2. The van der Waals surface area contributed by atoms with Gasteiger partial charge in [0.15, 0.2) is 0 Å². The first-order chi connectivity index (χ1) is 12.1. The van der Waals surface area contributed by atoms with Crippen LogP contribution in [0.4, 0.5) is 5.69 Å². The van der Waals surface area contributed by atoms with E-state index in [4.69, 9.17) is 0 Å². The predicted molar refractivity (Wildman–Crippen MR) is 99.4 cm³/mol. The fraction of sp³-hybridized carbons (Fsp3) is 0.429. The third-order valence-electron chi connectivity index (χ3n) is 5.53. The first-order valence-electron chi connectivity index (χ1n) is 9.18. The number of nitrogens with zero attached hydrogens (tertiary/aromatic N) is 2. The maximum absolute atomic E-state index is 12.9. The summed E-state index contributed by atoms with van der Waals surface area (Å²) in [7, 11) is 1.86. The van der Waals surface area contributed by atoms with E-state index in [2.05, 4.69) is 24.3 Å². The minimum Gasteiger partial charge on any atom is -0.342 e. The number of hydrogen-bond donors (Lipinski definition) is 0. The fourth-order valence-corrected chi connectivity index (χ4v) is 3.72. The molecule has 1 aliphatic carbocycles. The van der Waals surface area contributed by atoms with Crippen LogP contribution >= 0.6 is 0 Å². The number of hydrogen-bond acceptors (Lipinski definition) is 2. The molecule has 0 atom stereocenters. The van der Waals surface area contributed by atoms with Crippen molar-refractivity contribution in [3.05, 3.63) is 42.5 Å². The third kappa shape index (κ3) is 3.26. The van der Waals surface area contributed by atoms with E-state index in [0.29, 0.717) is 5.91 Å². The summed E-state index contributed by atoms with van der Waals surface area (Å²) in [6, 6.07) is 14.3. The molecule has 0 N–H and O–H groups in total. The Morgan fingerprint density at radius 1 is 0.920 bits per heavy atom. The molecule has 25 heavy (non-hydrogen) atoms. The summed E-state index contributed by atoms with van der Waals surface area (Å²) in [6.45, 7) is 1.44. The molecule has 4 rings (SSSR count). The molecule has 0 unspecified atom stereocenters. The zero-order valence-corrected chi connectivity index (χ0v) is 14.6. The Kier molecular flexibility index (Phi) is 4.20. The van der Waals surface area contributed by atoms with E-state index in [1.165, 1.54) is 5.39 Å². The molecule has 1 heterocycles. The molecule has 1 saturated heterocycles. The number of likely N-dealkylation sites (tertiary alicyclic amines) is 1. The predicted octanol–water partition coefficient (Wildman–Crippen LogP) is 3.45. The Labute approximate surface area is 148 Å². The van der Waals surface area contributed by atoms with Crippen LogP contribution < -0.4 is 4.90 Å². The maximum atomic E-state index is 12.9. The topological polar surface area (TPSA) is 40.6 Å². The Bertz CT molecular complexity index is 804. The highest BCUT2D eigenvalue weighted by atomic mass is 16.2. The smallest absolute Gasteiger partial charge is 0.229 e. The lowest BCUT2D eigenvalue weighted by Gasteiger charge is -2.33. The van der Waals surface area contributed by atoms with Gasteiger partial charge in [0.05, 0.1) is 0 Å². The van der Waals surface area contributed by atoms with Crippen molar-refractivity contribution in [1.82, 2.24) is 4.90 Å². The van der Waals surface area contributed by atoms with Crippen LogP contribution in [0.2, 0.25) is 0 Å². The van der Waals surface area contributed by atoms with E-state index in [0.717, 1.165) is 49.8 Å². The molecular formula is C21H24N2O2. The monoisotopic (exact) mass is 336 g/mol. The minimum absolute atomic E-state index is 0.0136. The molecule has 1 aliphatic heterocycles. The first-order valence-corrected chi connectivity index (χ1v) is 9.18. The van der Waals surface area contributed by atoms with E-state index >= 15 is 0 Å². The van der Waals surface area contributed by atoms with Crippen molar-refractivity contribution < 1.29 is 9.59 Å². The van der Waals surface area contributed by atoms with Gasteiger partial charge in [-0.2, -0.15) is 0 Å². The zero-order chi connectivity index (χ0) is 17.4. The van der Waals surface area contributed by atoms with Crippen molar-refractivity contribution >= 4 is 28.3 Å². The van der Waals surface area contributed by atoms with Gasteiger partial charge in [0, 0.05) is 37.7 Å². The van der Waals surface area contributed by atoms with Gasteiger partial charge in [-0.1, -0.05) is 30.3 Å². The van der Waals surface area contributed by atoms with Crippen LogP contribution in [-0.4, -0.2) is 36.9 Å². The molecule has 0 spiro atoms. The average Bonchev–Trinajstić information content (AvgIpc) is 3.51. The quantitative estimate of drug-likeness (QED) is 0.861. The Morgan fingerprint density at radius 3 is 2.28 bits per heavy atom. The normalized spacial score (nSPS) is 18.4. The zero-order valence-electron chi connectivity index (χ0n) is 14.6.